The van der Waals surface area contributed by atoms with E-state index in [-0.39, 0.29) is 45.5 Å². The Morgan fingerprint density at radius 2 is 1.75 bits per heavy atom. The van der Waals surface area contributed by atoms with Gasteiger partial charge in [0.2, 0.25) is 10.0 Å². The Balaban J connectivity index is 1.94. The lowest BCUT2D eigenvalue weighted by molar-refractivity contribution is 0.248. The van der Waals surface area contributed by atoms with Crippen molar-refractivity contribution in [3.8, 4) is 34.0 Å². The monoisotopic (exact) mass is 453 g/mol. The molecule has 0 spiro atoms. The minimum absolute atomic E-state index is 0.0189. The van der Waals surface area contributed by atoms with Crippen molar-refractivity contribution in [1.82, 2.24) is 15.3 Å². The number of para-hydroxylation sites is 2. The van der Waals surface area contributed by atoms with E-state index in [1.54, 1.807) is 30.3 Å². The molecule has 4 rings (SSSR count). The second-order valence-corrected chi connectivity index (χ2v) is 8.65. The zero-order valence-corrected chi connectivity index (χ0v) is 17.3. The van der Waals surface area contributed by atoms with Crippen LogP contribution in [0, 0.1) is 0 Å². The number of nitrogens with zero attached hydrogens (tertiary/aromatic N) is 1. The summed E-state index contributed by atoms with van der Waals surface area (Å²) in [5, 5.41) is 29.3. The van der Waals surface area contributed by atoms with Crippen LogP contribution < -0.4 is 16.2 Å². The maximum absolute atomic E-state index is 12.2. The van der Waals surface area contributed by atoms with Gasteiger partial charge in [-0.05, 0) is 42.0 Å². The molecule has 0 bridgehead atoms. The van der Waals surface area contributed by atoms with E-state index in [0.717, 1.165) is 6.07 Å². The second kappa shape index (κ2) is 7.87. The van der Waals surface area contributed by atoms with Crippen LogP contribution in [-0.2, 0) is 16.6 Å². The molecule has 32 heavy (non-hydrogen) atoms. The number of primary sulfonamides is 1. The molecule has 0 radical (unpaired) electrons. The molecule has 4 aromatic rings. The largest absolute Gasteiger partial charge is 0.507 e. The number of carbonyl (C=O) groups is 1. The van der Waals surface area contributed by atoms with E-state index in [0.29, 0.717) is 16.6 Å². The van der Waals surface area contributed by atoms with Gasteiger partial charge in [0.05, 0.1) is 21.5 Å². The van der Waals surface area contributed by atoms with Crippen molar-refractivity contribution in [2.24, 2.45) is 10.9 Å². The molecule has 0 atom stereocenters. The minimum Gasteiger partial charge on any atom is -0.507 e. The lowest BCUT2D eigenvalue weighted by atomic mass is 9.98. The molecule has 0 aliphatic heterocycles. The molecule has 11 heteroatoms. The Morgan fingerprint density at radius 1 is 1.03 bits per heavy atom. The van der Waals surface area contributed by atoms with Gasteiger partial charge in [-0.25, -0.2) is 23.3 Å². The van der Waals surface area contributed by atoms with Gasteiger partial charge >= 0.3 is 6.03 Å². The lowest BCUT2D eigenvalue weighted by Gasteiger charge is -2.14. The Labute approximate surface area is 182 Å². The molecule has 3 aromatic carbocycles. The SMILES string of the molecule is NC(=O)NCc1ccc(O)c(-c2cc(S(N)(=O)=O)cc(-c3nc4ccccc4[nH]3)c2O)c1. The zero-order chi connectivity index (χ0) is 23.0. The number of phenols is 2. The quantitative estimate of drug-likeness (QED) is 0.269. The summed E-state index contributed by atoms with van der Waals surface area (Å²) in [4.78, 5) is 18.2. The summed E-state index contributed by atoms with van der Waals surface area (Å²) in [6.07, 6.45) is 0. The number of hydrogen-bond acceptors (Lipinski definition) is 6. The van der Waals surface area contributed by atoms with Crippen LogP contribution in [0.25, 0.3) is 33.5 Å². The van der Waals surface area contributed by atoms with Gasteiger partial charge in [0.25, 0.3) is 0 Å². The zero-order valence-electron chi connectivity index (χ0n) is 16.5. The van der Waals surface area contributed by atoms with E-state index >= 15 is 0 Å². The number of nitrogens with one attached hydrogen (secondary N) is 2. The number of nitrogens with two attached hydrogens (primary N) is 2. The predicted molar refractivity (Wildman–Crippen MR) is 118 cm³/mol. The number of H-pyrrole nitrogens is 1. The number of primary amides is 1. The number of rotatable bonds is 5. The molecule has 1 heterocycles. The van der Waals surface area contributed by atoms with Crippen molar-refractivity contribution in [1.29, 1.82) is 0 Å². The highest BCUT2D eigenvalue weighted by atomic mass is 32.2. The molecule has 0 unspecified atom stereocenters. The first kappa shape index (κ1) is 21.2. The molecular formula is C21H19N5O5S. The van der Waals surface area contributed by atoms with E-state index in [4.69, 9.17) is 10.9 Å². The van der Waals surface area contributed by atoms with Gasteiger partial charge in [-0.3, -0.25) is 0 Å². The Morgan fingerprint density at radius 3 is 2.44 bits per heavy atom. The van der Waals surface area contributed by atoms with Gasteiger partial charge in [0.1, 0.15) is 17.3 Å². The highest BCUT2D eigenvalue weighted by Gasteiger charge is 2.22. The van der Waals surface area contributed by atoms with Crippen molar-refractivity contribution in [3.63, 3.8) is 0 Å². The Bertz CT molecular complexity index is 1430. The molecule has 0 saturated carbocycles. The first-order chi connectivity index (χ1) is 15.1. The van der Waals surface area contributed by atoms with Crippen molar-refractivity contribution in [2.45, 2.75) is 11.4 Å². The average Bonchev–Trinajstić information content (AvgIpc) is 3.16. The van der Waals surface area contributed by atoms with Gasteiger partial charge in [-0.15, -0.1) is 0 Å². The number of aromatic amines is 1. The molecule has 0 saturated heterocycles. The van der Waals surface area contributed by atoms with Crippen LogP contribution in [0.15, 0.2) is 59.5 Å². The molecule has 1 aromatic heterocycles. The Kier molecular flexibility index (Phi) is 5.20. The molecule has 0 aliphatic rings. The number of fused-ring (bicyclic) bond motifs is 1. The summed E-state index contributed by atoms with van der Waals surface area (Å²) in [5.41, 5.74) is 7.20. The number of hydrogen-bond donors (Lipinski definition) is 6. The van der Waals surface area contributed by atoms with E-state index in [2.05, 4.69) is 15.3 Å². The van der Waals surface area contributed by atoms with E-state index in [1.165, 1.54) is 18.2 Å². The third kappa shape index (κ3) is 4.06. The standard InChI is InChI=1S/C21H19N5O5S/c22-21(29)24-10-11-5-6-18(27)13(7-11)14-8-12(32(23,30)31)9-15(19(14)28)20-25-16-3-1-2-4-17(16)26-20/h1-9,27-28H,10H2,(H,25,26)(H3,22,24,29)(H2,23,30,31). The molecule has 0 fully saturated rings. The summed E-state index contributed by atoms with van der Waals surface area (Å²) in [5.74, 6) is -0.307. The molecular weight excluding hydrogens is 434 g/mol. The normalized spacial score (nSPS) is 11.5. The summed E-state index contributed by atoms with van der Waals surface area (Å²) in [6, 6.07) is 13.2. The van der Waals surface area contributed by atoms with E-state index in [9.17, 15) is 23.4 Å². The first-order valence-corrected chi connectivity index (χ1v) is 10.9. The fourth-order valence-electron chi connectivity index (χ4n) is 3.34. The Hall–Kier alpha value is -4.09. The van der Waals surface area contributed by atoms with E-state index in [1.807, 2.05) is 0 Å². The third-order valence-corrected chi connectivity index (χ3v) is 5.77. The predicted octanol–water partition coefficient (Wildman–Crippen LogP) is 2.12. The van der Waals surface area contributed by atoms with Crippen molar-refractivity contribution in [2.75, 3.05) is 0 Å². The van der Waals surface area contributed by atoms with Gasteiger partial charge in [-0.2, -0.15) is 0 Å². The van der Waals surface area contributed by atoms with Crippen LogP contribution in [0.1, 0.15) is 5.56 Å². The molecule has 164 valence electrons. The van der Waals surface area contributed by atoms with Crippen molar-refractivity contribution in [3.05, 3.63) is 60.2 Å². The maximum Gasteiger partial charge on any atom is 0.312 e. The molecule has 2 amide bonds. The van der Waals surface area contributed by atoms with Gasteiger partial charge in [-0.1, -0.05) is 18.2 Å². The fourth-order valence-corrected chi connectivity index (χ4v) is 3.90. The van der Waals surface area contributed by atoms with E-state index < -0.39 is 16.1 Å². The first-order valence-electron chi connectivity index (χ1n) is 9.34. The lowest BCUT2D eigenvalue weighted by Crippen LogP contribution is -2.28. The summed E-state index contributed by atoms with van der Waals surface area (Å²) in [7, 11) is -4.16. The second-order valence-electron chi connectivity index (χ2n) is 7.08. The van der Waals surface area contributed by atoms with Crippen LogP contribution in [-0.4, -0.2) is 34.6 Å². The number of aromatic hydroxyl groups is 2. The number of phenolic OH excluding ortho intramolecular Hbond substituents is 2. The number of sulfonamides is 1. The molecule has 8 N–H and O–H groups in total. The third-order valence-electron chi connectivity index (χ3n) is 4.87. The van der Waals surface area contributed by atoms with Gasteiger partial charge in [0.15, 0.2) is 0 Å². The molecule has 0 aliphatic carbocycles. The summed E-state index contributed by atoms with van der Waals surface area (Å²) >= 11 is 0. The smallest absolute Gasteiger partial charge is 0.312 e. The number of carbonyl (C=O) groups excluding carboxylic acids is 1. The van der Waals surface area contributed by atoms with Crippen molar-refractivity contribution < 1.29 is 23.4 Å². The van der Waals surface area contributed by atoms with Crippen LogP contribution in [0.3, 0.4) is 0 Å². The number of aromatic nitrogens is 2. The summed E-state index contributed by atoms with van der Waals surface area (Å²) < 4.78 is 24.3. The average molecular weight is 453 g/mol. The minimum atomic E-state index is -4.16. The number of imidazole rings is 1. The fraction of sp³-hybridized carbons (Fsp3) is 0.0476. The number of amides is 2. The van der Waals surface area contributed by atoms with Crippen LogP contribution in [0.4, 0.5) is 4.79 Å². The molecule has 10 nitrogen and oxygen atoms in total. The van der Waals surface area contributed by atoms with Crippen molar-refractivity contribution >= 4 is 27.1 Å². The maximum atomic E-state index is 12.2. The number of benzene rings is 3. The topological polar surface area (TPSA) is 184 Å². The van der Waals surface area contributed by atoms with Gasteiger partial charge in [0, 0.05) is 17.7 Å². The highest BCUT2D eigenvalue weighted by Crippen LogP contribution is 2.43. The highest BCUT2D eigenvalue weighted by molar-refractivity contribution is 7.89. The number of urea groups is 1. The van der Waals surface area contributed by atoms with Crippen LogP contribution >= 0.6 is 0 Å². The van der Waals surface area contributed by atoms with Crippen LogP contribution in [0.2, 0.25) is 0 Å². The summed E-state index contributed by atoms with van der Waals surface area (Å²) in [6.45, 7) is 0.0642. The van der Waals surface area contributed by atoms with Crippen LogP contribution in [0.5, 0.6) is 11.5 Å². The van der Waals surface area contributed by atoms with Gasteiger partial charge < -0.3 is 26.2 Å².